The summed E-state index contributed by atoms with van der Waals surface area (Å²) in [5, 5.41) is 3.51. The number of carbonyl (C=O) groups is 1. The largest absolute Gasteiger partial charge is 0.326 e. The summed E-state index contributed by atoms with van der Waals surface area (Å²) in [6.45, 7) is 9.60. The van der Waals surface area contributed by atoms with Crippen LogP contribution in [0.25, 0.3) is 0 Å². The standard InChI is InChI=1S/C14H28N2O/c1-5-7-9-12-14(17)16(10-11(3)4)13(15-12)8-6-2/h11-13,15H,5-10H2,1-4H3. The minimum Gasteiger partial charge on any atom is -0.326 e. The van der Waals surface area contributed by atoms with Crippen molar-refractivity contribution in [2.24, 2.45) is 5.92 Å². The highest BCUT2D eigenvalue weighted by molar-refractivity contribution is 5.84. The predicted molar refractivity (Wildman–Crippen MR) is 71.7 cm³/mol. The number of nitrogens with zero attached hydrogens (tertiary/aromatic N) is 1. The molecule has 1 rings (SSSR count). The summed E-state index contributed by atoms with van der Waals surface area (Å²) in [4.78, 5) is 14.4. The number of amides is 1. The number of hydrogen-bond donors (Lipinski definition) is 1. The summed E-state index contributed by atoms with van der Waals surface area (Å²) in [6, 6.07) is 0.0743. The Morgan fingerprint density at radius 1 is 1.24 bits per heavy atom. The van der Waals surface area contributed by atoms with Crippen molar-refractivity contribution >= 4 is 5.91 Å². The van der Waals surface area contributed by atoms with Crippen molar-refractivity contribution in [2.45, 2.75) is 72.0 Å². The molecule has 0 spiro atoms. The van der Waals surface area contributed by atoms with E-state index >= 15 is 0 Å². The maximum absolute atomic E-state index is 12.3. The van der Waals surface area contributed by atoms with Gasteiger partial charge in [-0.2, -0.15) is 0 Å². The first-order chi connectivity index (χ1) is 8.10. The maximum Gasteiger partial charge on any atom is 0.241 e. The van der Waals surface area contributed by atoms with Crippen molar-refractivity contribution in [3.63, 3.8) is 0 Å². The quantitative estimate of drug-likeness (QED) is 0.742. The van der Waals surface area contributed by atoms with Gasteiger partial charge in [0, 0.05) is 6.54 Å². The number of nitrogens with one attached hydrogen (secondary N) is 1. The van der Waals surface area contributed by atoms with Crippen LogP contribution in [-0.4, -0.2) is 29.6 Å². The maximum atomic E-state index is 12.3. The highest BCUT2D eigenvalue weighted by Crippen LogP contribution is 2.19. The highest BCUT2D eigenvalue weighted by Gasteiger charge is 2.37. The second-order valence-electron chi connectivity index (χ2n) is 5.55. The molecule has 0 aliphatic carbocycles. The lowest BCUT2D eigenvalue weighted by Gasteiger charge is -2.25. The van der Waals surface area contributed by atoms with E-state index < -0.39 is 0 Å². The van der Waals surface area contributed by atoms with Crippen LogP contribution in [0.5, 0.6) is 0 Å². The van der Waals surface area contributed by atoms with Crippen molar-refractivity contribution in [3.05, 3.63) is 0 Å². The Bertz CT molecular complexity index is 240. The highest BCUT2D eigenvalue weighted by atomic mass is 16.2. The van der Waals surface area contributed by atoms with Gasteiger partial charge in [0.05, 0.1) is 12.2 Å². The van der Waals surface area contributed by atoms with E-state index in [1.807, 2.05) is 0 Å². The van der Waals surface area contributed by atoms with Crippen molar-refractivity contribution in [1.29, 1.82) is 0 Å². The number of carbonyl (C=O) groups excluding carboxylic acids is 1. The molecule has 1 aliphatic rings. The summed E-state index contributed by atoms with van der Waals surface area (Å²) < 4.78 is 0. The zero-order valence-electron chi connectivity index (χ0n) is 11.8. The van der Waals surface area contributed by atoms with Gasteiger partial charge in [0.2, 0.25) is 5.91 Å². The van der Waals surface area contributed by atoms with E-state index in [1.54, 1.807) is 0 Å². The average molecular weight is 240 g/mol. The van der Waals surface area contributed by atoms with Gasteiger partial charge in [-0.25, -0.2) is 0 Å². The smallest absolute Gasteiger partial charge is 0.241 e. The fourth-order valence-electron chi connectivity index (χ4n) is 2.49. The molecule has 3 heteroatoms. The van der Waals surface area contributed by atoms with Crippen molar-refractivity contribution in [2.75, 3.05) is 6.54 Å². The Balaban J connectivity index is 2.60. The zero-order valence-corrected chi connectivity index (χ0v) is 11.8. The average Bonchev–Trinajstić information content (AvgIpc) is 2.55. The van der Waals surface area contributed by atoms with Crippen LogP contribution in [0.15, 0.2) is 0 Å². The molecule has 100 valence electrons. The van der Waals surface area contributed by atoms with Crippen LogP contribution in [0.4, 0.5) is 0 Å². The van der Waals surface area contributed by atoms with E-state index in [2.05, 4.69) is 37.9 Å². The molecule has 1 fully saturated rings. The molecule has 3 nitrogen and oxygen atoms in total. The van der Waals surface area contributed by atoms with Gasteiger partial charge in [0.25, 0.3) is 0 Å². The Labute approximate surface area is 106 Å². The van der Waals surface area contributed by atoms with Gasteiger partial charge in [0.15, 0.2) is 0 Å². The molecule has 2 atom stereocenters. The summed E-state index contributed by atoms with van der Waals surface area (Å²) in [5.74, 6) is 0.871. The molecule has 0 aromatic carbocycles. The fraction of sp³-hybridized carbons (Fsp3) is 0.929. The normalized spacial score (nSPS) is 25.0. The molecule has 0 aromatic rings. The Kier molecular flexibility index (Phi) is 5.96. The third-order valence-electron chi connectivity index (χ3n) is 3.32. The zero-order chi connectivity index (χ0) is 12.8. The molecule has 1 amide bonds. The second kappa shape index (κ2) is 7.00. The molecule has 0 radical (unpaired) electrons. The monoisotopic (exact) mass is 240 g/mol. The molecule has 1 saturated heterocycles. The molecular formula is C14H28N2O. The Morgan fingerprint density at radius 2 is 1.94 bits per heavy atom. The summed E-state index contributed by atoms with van der Waals surface area (Å²) >= 11 is 0. The van der Waals surface area contributed by atoms with Crippen molar-refractivity contribution in [3.8, 4) is 0 Å². The first-order valence-electron chi connectivity index (χ1n) is 7.16. The third-order valence-corrected chi connectivity index (χ3v) is 3.32. The molecule has 0 bridgehead atoms. The van der Waals surface area contributed by atoms with E-state index in [9.17, 15) is 4.79 Å². The molecule has 17 heavy (non-hydrogen) atoms. The lowest BCUT2D eigenvalue weighted by Crippen LogP contribution is -2.39. The number of rotatable bonds is 7. The number of unbranched alkanes of at least 4 members (excludes halogenated alkanes) is 1. The summed E-state index contributed by atoms with van der Waals surface area (Å²) in [7, 11) is 0. The van der Waals surface area contributed by atoms with Crippen LogP contribution in [0.1, 0.15) is 59.8 Å². The molecule has 0 aromatic heterocycles. The van der Waals surface area contributed by atoms with Crippen LogP contribution in [0.3, 0.4) is 0 Å². The van der Waals surface area contributed by atoms with Crippen LogP contribution >= 0.6 is 0 Å². The summed E-state index contributed by atoms with van der Waals surface area (Å²) in [6.07, 6.45) is 5.76. The summed E-state index contributed by atoms with van der Waals surface area (Å²) in [5.41, 5.74) is 0. The molecule has 1 heterocycles. The minimum absolute atomic E-state index is 0.0743. The third kappa shape index (κ3) is 3.98. The van der Waals surface area contributed by atoms with E-state index in [-0.39, 0.29) is 12.2 Å². The van der Waals surface area contributed by atoms with E-state index in [0.717, 1.165) is 38.6 Å². The van der Waals surface area contributed by atoms with E-state index in [0.29, 0.717) is 11.8 Å². The predicted octanol–water partition coefficient (Wildman–Crippen LogP) is 2.76. The SMILES string of the molecule is CCCCC1NC(CCC)N(CC(C)C)C1=O. The van der Waals surface area contributed by atoms with Crippen LogP contribution in [-0.2, 0) is 4.79 Å². The minimum atomic E-state index is 0.0743. The Morgan fingerprint density at radius 3 is 2.47 bits per heavy atom. The molecule has 0 saturated carbocycles. The molecular weight excluding hydrogens is 212 g/mol. The van der Waals surface area contributed by atoms with E-state index in [4.69, 9.17) is 0 Å². The lowest BCUT2D eigenvalue weighted by molar-refractivity contribution is -0.130. The Hall–Kier alpha value is -0.570. The van der Waals surface area contributed by atoms with Crippen LogP contribution < -0.4 is 5.32 Å². The lowest BCUT2D eigenvalue weighted by atomic mass is 10.1. The fourth-order valence-corrected chi connectivity index (χ4v) is 2.49. The first kappa shape index (κ1) is 14.5. The number of hydrogen-bond acceptors (Lipinski definition) is 2. The van der Waals surface area contributed by atoms with Gasteiger partial charge in [-0.15, -0.1) is 0 Å². The molecule has 2 unspecified atom stereocenters. The van der Waals surface area contributed by atoms with Gasteiger partial charge >= 0.3 is 0 Å². The van der Waals surface area contributed by atoms with E-state index in [1.165, 1.54) is 0 Å². The first-order valence-corrected chi connectivity index (χ1v) is 7.16. The van der Waals surface area contributed by atoms with Crippen molar-refractivity contribution < 1.29 is 4.79 Å². The molecule has 1 N–H and O–H groups in total. The van der Waals surface area contributed by atoms with Gasteiger partial charge in [-0.3, -0.25) is 10.1 Å². The van der Waals surface area contributed by atoms with Crippen LogP contribution in [0.2, 0.25) is 0 Å². The van der Waals surface area contributed by atoms with Gasteiger partial charge < -0.3 is 4.90 Å². The topological polar surface area (TPSA) is 32.3 Å². The van der Waals surface area contributed by atoms with Gasteiger partial charge in [0.1, 0.15) is 0 Å². The van der Waals surface area contributed by atoms with Crippen LogP contribution in [0, 0.1) is 5.92 Å². The van der Waals surface area contributed by atoms with Crippen molar-refractivity contribution in [1.82, 2.24) is 10.2 Å². The van der Waals surface area contributed by atoms with Gasteiger partial charge in [-0.1, -0.05) is 47.0 Å². The second-order valence-corrected chi connectivity index (χ2v) is 5.55. The molecule has 1 aliphatic heterocycles. The van der Waals surface area contributed by atoms with Gasteiger partial charge in [-0.05, 0) is 18.8 Å².